The minimum atomic E-state index is -0.384. The van der Waals surface area contributed by atoms with Crippen molar-refractivity contribution >= 4 is 56.5 Å². The number of ketones is 1. The number of carbonyl (C=O) groups excluding carboxylic acids is 2. The van der Waals surface area contributed by atoms with Crippen LogP contribution in [-0.4, -0.2) is 21.8 Å². The molecular weight excluding hydrogens is 466 g/mol. The molecule has 0 unspecified atom stereocenters. The van der Waals surface area contributed by atoms with E-state index < -0.39 is 0 Å². The number of fused-ring (bicyclic) bond motifs is 1. The third-order valence-electron chi connectivity index (χ3n) is 5.07. The average molecular weight is 484 g/mol. The fourth-order valence-corrected chi connectivity index (χ4v) is 4.34. The van der Waals surface area contributed by atoms with Crippen LogP contribution in [0.3, 0.4) is 0 Å². The number of thiocarbonyl (C=S) groups is 1. The van der Waals surface area contributed by atoms with Crippen molar-refractivity contribution in [1.29, 1.82) is 0 Å². The number of nitrogens with one attached hydrogen (secondary N) is 2. The van der Waals surface area contributed by atoms with Crippen molar-refractivity contribution < 1.29 is 14.0 Å². The molecule has 0 bridgehead atoms. The van der Waals surface area contributed by atoms with E-state index in [0.29, 0.717) is 33.3 Å². The van der Waals surface area contributed by atoms with E-state index in [2.05, 4.69) is 15.6 Å². The van der Waals surface area contributed by atoms with Gasteiger partial charge in [0.1, 0.15) is 11.3 Å². The number of hydrogen-bond acceptors (Lipinski definition) is 6. The number of benzene rings is 3. The topological polar surface area (TPSA) is 84.2 Å². The Balaban J connectivity index is 1.21. The fraction of sp³-hybridized carbons (Fsp3) is 0. The second-order valence-corrected chi connectivity index (χ2v) is 8.63. The van der Waals surface area contributed by atoms with E-state index in [-0.39, 0.29) is 16.8 Å². The molecule has 0 atom stereocenters. The summed E-state index contributed by atoms with van der Waals surface area (Å²) in [7, 11) is 0. The van der Waals surface area contributed by atoms with Crippen LogP contribution in [0.1, 0.15) is 26.3 Å². The molecule has 0 aliphatic heterocycles. The summed E-state index contributed by atoms with van der Waals surface area (Å²) >= 11 is 6.62. The molecule has 34 heavy (non-hydrogen) atoms. The highest BCUT2D eigenvalue weighted by molar-refractivity contribution is 7.80. The van der Waals surface area contributed by atoms with E-state index in [4.69, 9.17) is 16.6 Å². The number of hydrogen-bond donors (Lipinski definition) is 2. The van der Waals surface area contributed by atoms with Crippen molar-refractivity contribution in [2.75, 3.05) is 5.32 Å². The molecule has 5 rings (SSSR count). The van der Waals surface area contributed by atoms with Gasteiger partial charge in [0, 0.05) is 27.5 Å². The number of carbonyl (C=O) groups is 2. The molecule has 2 aromatic heterocycles. The number of rotatable bonds is 5. The third-order valence-corrected chi connectivity index (χ3v) is 6.04. The van der Waals surface area contributed by atoms with Gasteiger partial charge in [0.15, 0.2) is 21.8 Å². The second-order valence-electron chi connectivity index (χ2n) is 7.37. The van der Waals surface area contributed by atoms with E-state index >= 15 is 0 Å². The van der Waals surface area contributed by atoms with Gasteiger partial charge in [-0.15, -0.1) is 11.3 Å². The van der Waals surface area contributed by atoms with Gasteiger partial charge in [0.05, 0.1) is 0 Å². The van der Waals surface area contributed by atoms with Crippen molar-refractivity contribution in [1.82, 2.24) is 10.3 Å². The van der Waals surface area contributed by atoms with Crippen molar-refractivity contribution in [3.8, 4) is 11.5 Å². The first kappa shape index (κ1) is 21.7. The minimum absolute atomic E-state index is 0.103. The Morgan fingerprint density at radius 2 is 1.53 bits per heavy atom. The van der Waals surface area contributed by atoms with E-state index in [1.165, 1.54) is 11.3 Å². The molecule has 0 fully saturated rings. The van der Waals surface area contributed by atoms with Crippen LogP contribution in [-0.2, 0) is 0 Å². The molecule has 2 heterocycles. The summed E-state index contributed by atoms with van der Waals surface area (Å²) in [6.45, 7) is 0. The summed E-state index contributed by atoms with van der Waals surface area (Å²) in [6, 6.07) is 25.1. The second kappa shape index (κ2) is 9.38. The Hall–Kier alpha value is -4.14. The van der Waals surface area contributed by atoms with Crippen molar-refractivity contribution in [2.45, 2.75) is 0 Å². The van der Waals surface area contributed by atoms with Gasteiger partial charge in [-0.25, -0.2) is 4.98 Å². The standard InChI is InChI=1S/C26H17N3O3S2/c30-23(16-6-2-1-3-7-16)17-10-12-18(13-11-17)24(31)28-25(33)29-26-27-20(15-34-26)22-14-19-8-4-5-9-21(19)32-22/h1-15H,(H2,27,28,29,31,33). The zero-order valence-corrected chi connectivity index (χ0v) is 19.3. The number of furan rings is 1. The number of para-hydroxylation sites is 1. The van der Waals surface area contributed by atoms with Crippen LogP contribution in [0, 0.1) is 0 Å². The summed E-state index contributed by atoms with van der Waals surface area (Å²) in [6.07, 6.45) is 0. The molecule has 2 N–H and O–H groups in total. The number of aromatic nitrogens is 1. The van der Waals surface area contributed by atoms with Crippen molar-refractivity contribution in [3.63, 3.8) is 0 Å². The van der Waals surface area contributed by atoms with Gasteiger partial charge >= 0.3 is 0 Å². The first-order chi connectivity index (χ1) is 16.6. The Bertz CT molecular complexity index is 1470. The zero-order valence-electron chi connectivity index (χ0n) is 17.6. The third kappa shape index (κ3) is 4.63. The maximum absolute atomic E-state index is 12.6. The highest BCUT2D eigenvalue weighted by atomic mass is 32.1. The summed E-state index contributed by atoms with van der Waals surface area (Å²) in [5.41, 5.74) is 2.95. The van der Waals surface area contributed by atoms with Gasteiger partial charge in [-0.1, -0.05) is 60.7 Å². The van der Waals surface area contributed by atoms with Crippen LogP contribution in [0.25, 0.3) is 22.4 Å². The number of anilines is 1. The van der Waals surface area contributed by atoms with Crippen LogP contribution in [0.5, 0.6) is 0 Å². The van der Waals surface area contributed by atoms with Crippen LogP contribution in [0.2, 0.25) is 0 Å². The van der Waals surface area contributed by atoms with Gasteiger partial charge < -0.3 is 9.73 Å². The van der Waals surface area contributed by atoms with Gasteiger partial charge in [0.25, 0.3) is 5.91 Å². The first-order valence-electron chi connectivity index (χ1n) is 10.3. The molecule has 6 nitrogen and oxygen atoms in total. The molecule has 0 saturated carbocycles. The molecule has 0 spiro atoms. The quantitative estimate of drug-likeness (QED) is 0.239. The van der Waals surface area contributed by atoms with E-state index in [0.717, 1.165) is 11.0 Å². The maximum Gasteiger partial charge on any atom is 0.257 e. The van der Waals surface area contributed by atoms with Crippen molar-refractivity contribution in [2.24, 2.45) is 0 Å². The highest BCUT2D eigenvalue weighted by Gasteiger charge is 2.14. The SMILES string of the molecule is O=C(NC(=S)Nc1nc(-c2cc3ccccc3o2)cs1)c1ccc(C(=O)c2ccccc2)cc1. The van der Waals surface area contributed by atoms with Crippen LogP contribution in [0.15, 0.2) is 94.7 Å². The molecule has 5 aromatic rings. The Kier molecular flexibility index (Phi) is 5.99. The number of nitrogens with zero attached hydrogens (tertiary/aromatic N) is 1. The summed E-state index contributed by atoms with van der Waals surface area (Å²) in [5, 5.41) is 9.07. The molecule has 166 valence electrons. The van der Waals surface area contributed by atoms with Gasteiger partial charge in [0.2, 0.25) is 0 Å². The zero-order chi connectivity index (χ0) is 23.5. The lowest BCUT2D eigenvalue weighted by Crippen LogP contribution is -2.34. The van der Waals surface area contributed by atoms with Gasteiger partial charge in [-0.3, -0.25) is 14.9 Å². The Morgan fingerprint density at radius 1 is 0.853 bits per heavy atom. The van der Waals surface area contributed by atoms with E-state index in [1.54, 1.807) is 36.4 Å². The smallest absolute Gasteiger partial charge is 0.257 e. The molecule has 1 amide bonds. The Labute approximate surface area is 204 Å². The van der Waals surface area contributed by atoms with Gasteiger partial charge in [-0.2, -0.15) is 0 Å². The molecule has 0 aliphatic rings. The summed E-state index contributed by atoms with van der Waals surface area (Å²) in [5.74, 6) is 0.171. The Morgan fingerprint density at radius 3 is 2.29 bits per heavy atom. The molecular formula is C26H17N3O3S2. The first-order valence-corrected chi connectivity index (χ1v) is 11.6. The van der Waals surface area contributed by atoms with Crippen LogP contribution < -0.4 is 10.6 Å². The lowest BCUT2D eigenvalue weighted by atomic mass is 10.0. The average Bonchev–Trinajstić information content (AvgIpc) is 3.51. The fourth-order valence-electron chi connectivity index (χ4n) is 3.39. The molecule has 3 aromatic carbocycles. The van der Waals surface area contributed by atoms with Gasteiger partial charge in [-0.05, 0) is 36.5 Å². The summed E-state index contributed by atoms with van der Waals surface area (Å²) < 4.78 is 5.84. The molecule has 0 saturated heterocycles. The van der Waals surface area contributed by atoms with Crippen LogP contribution in [0.4, 0.5) is 5.13 Å². The normalized spacial score (nSPS) is 10.7. The number of amides is 1. The molecule has 8 heteroatoms. The van der Waals surface area contributed by atoms with E-state index in [9.17, 15) is 9.59 Å². The van der Waals surface area contributed by atoms with E-state index in [1.807, 2.05) is 53.9 Å². The highest BCUT2D eigenvalue weighted by Crippen LogP contribution is 2.30. The molecule has 0 aliphatic carbocycles. The molecule has 0 radical (unpaired) electrons. The lowest BCUT2D eigenvalue weighted by Gasteiger charge is -2.08. The lowest BCUT2D eigenvalue weighted by molar-refractivity contribution is 0.0975. The maximum atomic E-state index is 12.6. The predicted octanol–water partition coefficient (Wildman–Crippen LogP) is 5.91. The largest absolute Gasteiger partial charge is 0.454 e. The summed E-state index contributed by atoms with van der Waals surface area (Å²) in [4.78, 5) is 29.6. The van der Waals surface area contributed by atoms with Crippen molar-refractivity contribution in [3.05, 3.63) is 107 Å². The minimum Gasteiger partial charge on any atom is -0.454 e. The predicted molar refractivity (Wildman–Crippen MR) is 137 cm³/mol. The number of thiazole rings is 1. The van der Waals surface area contributed by atoms with Crippen LogP contribution >= 0.6 is 23.6 Å². The monoisotopic (exact) mass is 483 g/mol.